The van der Waals surface area contributed by atoms with E-state index in [0.29, 0.717) is 32.7 Å². The van der Waals surface area contributed by atoms with E-state index in [-0.39, 0.29) is 5.91 Å². The van der Waals surface area contributed by atoms with Crippen LogP contribution in [0.25, 0.3) is 0 Å². The van der Waals surface area contributed by atoms with Crippen molar-refractivity contribution in [3.05, 3.63) is 0 Å². The van der Waals surface area contributed by atoms with E-state index < -0.39 is 5.92 Å². The summed E-state index contributed by atoms with van der Waals surface area (Å²) >= 11 is 0. The summed E-state index contributed by atoms with van der Waals surface area (Å²) in [5.74, 6) is -0.490. The van der Waals surface area contributed by atoms with Gasteiger partial charge < -0.3 is 9.64 Å². The molecule has 0 spiro atoms. The number of ether oxygens (including phenoxy) is 1. The van der Waals surface area contributed by atoms with Gasteiger partial charge in [0.2, 0.25) is 5.91 Å². The Morgan fingerprint density at radius 2 is 2.21 bits per heavy atom. The van der Waals surface area contributed by atoms with Crippen LogP contribution in [0.1, 0.15) is 19.8 Å². The van der Waals surface area contributed by atoms with Gasteiger partial charge in [-0.15, -0.1) is 0 Å². The van der Waals surface area contributed by atoms with Crippen LogP contribution in [0.2, 0.25) is 0 Å². The van der Waals surface area contributed by atoms with Gasteiger partial charge in [-0.25, -0.2) is 0 Å². The van der Waals surface area contributed by atoms with Gasteiger partial charge in [0.05, 0.1) is 19.3 Å². The van der Waals surface area contributed by atoms with Crippen molar-refractivity contribution in [2.24, 2.45) is 5.92 Å². The molecule has 0 aromatic heterocycles. The SMILES string of the molecule is CCCC(C#N)C(=O)N1CCOCC1. The van der Waals surface area contributed by atoms with Gasteiger partial charge in [0.15, 0.2) is 0 Å². The van der Waals surface area contributed by atoms with Gasteiger partial charge >= 0.3 is 0 Å². The molecule has 1 heterocycles. The first-order valence-electron chi connectivity index (χ1n) is 5.05. The first-order chi connectivity index (χ1) is 6.79. The van der Waals surface area contributed by atoms with E-state index >= 15 is 0 Å². The van der Waals surface area contributed by atoms with Gasteiger partial charge in [0.25, 0.3) is 0 Å². The van der Waals surface area contributed by atoms with Crippen LogP contribution >= 0.6 is 0 Å². The number of amides is 1. The fourth-order valence-electron chi connectivity index (χ4n) is 1.54. The van der Waals surface area contributed by atoms with Crippen LogP contribution in [0, 0.1) is 17.2 Å². The van der Waals surface area contributed by atoms with Crippen molar-refractivity contribution in [3.8, 4) is 6.07 Å². The highest BCUT2D eigenvalue weighted by Crippen LogP contribution is 2.10. The number of rotatable bonds is 3. The molecule has 0 N–H and O–H groups in total. The molecule has 4 nitrogen and oxygen atoms in total. The predicted molar refractivity (Wildman–Crippen MR) is 51.4 cm³/mol. The standard InChI is InChI=1S/C10H16N2O2/c1-2-3-9(8-11)10(13)12-4-6-14-7-5-12/h9H,2-7H2,1H3. The summed E-state index contributed by atoms with van der Waals surface area (Å²) in [5, 5.41) is 8.83. The van der Waals surface area contributed by atoms with Crippen molar-refractivity contribution in [3.63, 3.8) is 0 Å². The summed E-state index contributed by atoms with van der Waals surface area (Å²) in [7, 11) is 0. The van der Waals surface area contributed by atoms with E-state index in [9.17, 15) is 4.79 Å². The molecule has 1 fully saturated rings. The van der Waals surface area contributed by atoms with E-state index in [0.717, 1.165) is 6.42 Å². The molecule has 0 aliphatic carbocycles. The molecule has 0 aromatic rings. The fourth-order valence-corrected chi connectivity index (χ4v) is 1.54. The van der Waals surface area contributed by atoms with Gasteiger partial charge in [-0.3, -0.25) is 4.79 Å². The Morgan fingerprint density at radius 3 is 2.71 bits per heavy atom. The van der Waals surface area contributed by atoms with E-state index in [2.05, 4.69) is 6.07 Å². The number of nitriles is 1. The van der Waals surface area contributed by atoms with Gasteiger partial charge in [-0.2, -0.15) is 5.26 Å². The van der Waals surface area contributed by atoms with E-state index in [1.165, 1.54) is 0 Å². The van der Waals surface area contributed by atoms with Crippen molar-refractivity contribution in [2.75, 3.05) is 26.3 Å². The highest BCUT2D eigenvalue weighted by molar-refractivity contribution is 5.81. The lowest BCUT2D eigenvalue weighted by atomic mass is 10.0. The second kappa shape index (κ2) is 5.61. The molecule has 14 heavy (non-hydrogen) atoms. The highest BCUT2D eigenvalue weighted by Gasteiger charge is 2.24. The summed E-state index contributed by atoms with van der Waals surface area (Å²) < 4.78 is 5.15. The van der Waals surface area contributed by atoms with Crippen molar-refractivity contribution in [1.82, 2.24) is 4.90 Å². The molecule has 1 aliphatic rings. The van der Waals surface area contributed by atoms with Crippen LogP contribution in [-0.2, 0) is 9.53 Å². The third kappa shape index (κ3) is 2.71. The number of hydrogen-bond acceptors (Lipinski definition) is 3. The first-order valence-corrected chi connectivity index (χ1v) is 5.05. The quantitative estimate of drug-likeness (QED) is 0.670. The third-order valence-corrected chi connectivity index (χ3v) is 2.35. The molecule has 0 bridgehead atoms. The van der Waals surface area contributed by atoms with Crippen LogP contribution in [0.15, 0.2) is 0 Å². The lowest BCUT2D eigenvalue weighted by molar-refractivity contribution is -0.138. The maximum atomic E-state index is 11.8. The zero-order chi connectivity index (χ0) is 10.4. The Balaban J connectivity index is 2.48. The Hall–Kier alpha value is -1.08. The average Bonchev–Trinajstić information content (AvgIpc) is 2.26. The number of morpholine rings is 1. The number of carbonyl (C=O) groups is 1. The Morgan fingerprint density at radius 1 is 1.57 bits per heavy atom. The zero-order valence-electron chi connectivity index (χ0n) is 8.53. The fraction of sp³-hybridized carbons (Fsp3) is 0.800. The molecular weight excluding hydrogens is 180 g/mol. The van der Waals surface area contributed by atoms with Gasteiger partial charge in [-0.1, -0.05) is 13.3 Å². The summed E-state index contributed by atoms with van der Waals surface area (Å²) in [6, 6.07) is 2.07. The van der Waals surface area contributed by atoms with E-state index in [1.807, 2.05) is 6.92 Å². The smallest absolute Gasteiger partial charge is 0.240 e. The van der Waals surface area contributed by atoms with Gasteiger partial charge in [0, 0.05) is 13.1 Å². The molecule has 1 amide bonds. The molecule has 0 saturated carbocycles. The second-order valence-corrected chi connectivity index (χ2v) is 3.41. The minimum absolute atomic E-state index is 0.0300. The first kappa shape index (κ1) is 11.0. The molecule has 1 aliphatic heterocycles. The monoisotopic (exact) mass is 196 g/mol. The minimum Gasteiger partial charge on any atom is -0.378 e. The van der Waals surface area contributed by atoms with Crippen molar-refractivity contribution >= 4 is 5.91 Å². The van der Waals surface area contributed by atoms with Crippen LogP contribution in [0.3, 0.4) is 0 Å². The Labute approximate surface area is 84.4 Å². The Kier molecular flexibility index (Phi) is 4.41. The van der Waals surface area contributed by atoms with Crippen LogP contribution < -0.4 is 0 Å². The number of carbonyl (C=O) groups excluding carboxylic acids is 1. The van der Waals surface area contributed by atoms with Crippen LogP contribution in [0.4, 0.5) is 0 Å². The van der Waals surface area contributed by atoms with Crippen molar-refractivity contribution in [1.29, 1.82) is 5.26 Å². The van der Waals surface area contributed by atoms with Gasteiger partial charge in [-0.05, 0) is 6.42 Å². The average molecular weight is 196 g/mol. The summed E-state index contributed by atoms with van der Waals surface area (Å²) in [6.07, 6.45) is 1.53. The lowest BCUT2D eigenvalue weighted by Gasteiger charge is -2.28. The maximum Gasteiger partial charge on any atom is 0.240 e. The van der Waals surface area contributed by atoms with Crippen molar-refractivity contribution < 1.29 is 9.53 Å². The molecular formula is C10H16N2O2. The van der Waals surface area contributed by atoms with Crippen LogP contribution in [0.5, 0.6) is 0 Å². The molecule has 1 atom stereocenters. The second-order valence-electron chi connectivity index (χ2n) is 3.41. The van der Waals surface area contributed by atoms with Crippen molar-refractivity contribution in [2.45, 2.75) is 19.8 Å². The van der Waals surface area contributed by atoms with Crippen LogP contribution in [-0.4, -0.2) is 37.1 Å². The molecule has 1 unspecified atom stereocenters. The normalized spacial score (nSPS) is 18.7. The minimum atomic E-state index is -0.460. The number of nitrogens with zero attached hydrogens (tertiary/aromatic N) is 2. The summed E-state index contributed by atoms with van der Waals surface area (Å²) in [5.41, 5.74) is 0. The molecule has 0 radical (unpaired) electrons. The predicted octanol–water partition coefficient (Wildman–Crippen LogP) is 0.785. The topological polar surface area (TPSA) is 53.3 Å². The molecule has 0 aromatic carbocycles. The lowest BCUT2D eigenvalue weighted by Crippen LogP contribution is -2.43. The highest BCUT2D eigenvalue weighted by atomic mass is 16.5. The number of hydrogen-bond donors (Lipinski definition) is 0. The molecule has 1 saturated heterocycles. The van der Waals surface area contributed by atoms with Gasteiger partial charge in [0.1, 0.15) is 5.92 Å². The summed E-state index contributed by atoms with van der Waals surface area (Å²) in [4.78, 5) is 13.5. The summed E-state index contributed by atoms with van der Waals surface area (Å²) in [6.45, 7) is 4.42. The molecule has 1 rings (SSSR count). The third-order valence-electron chi connectivity index (χ3n) is 2.35. The van der Waals surface area contributed by atoms with E-state index in [4.69, 9.17) is 10.00 Å². The van der Waals surface area contributed by atoms with E-state index in [1.54, 1.807) is 4.90 Å². The molecule has 78 valence electrons. The zero-order valence-corrected chi connectivity index (χ0v) is 8.53. The molecule has 4 heteroatoms. The Bertz CT molecular complexity index is 229. The maximum absolute atomic E-state index is 11.8. The largest absolute Gasteiger partial charge is 0.378 e.